The molecule has 1 heterocycles. The molecule has 1 fully saturated rings. The first-order valence-electron chi connectivity index (χ1n) is 9.12. The number of benzene rings is 1. The van der Waals surface area contributed by atoms with Crippen molar-refractivity contribution in [3.8, 4) is 0 Å². The Labute approximate surface area is 165 Å². The molecule has 0 saturated carbocycles. The second-order valence-corrected chi connectivity index (χ2v) is 8.44. The molecular weight excluding hydrogens is 389 g/mol. The number of amides is 1. The van der Waals surface area contributed by atoms with Crippen molar-refractivity contribution >= 4 is 15.9 Å². The van der Waals surface area contributed by atoms with Crippen LogP contribution in [0.15, 0.2) is 29.2 Å². The summed E-state index contributed by atoms with van der Waals surface area (Å²) < 4.78 is 50.1. The smallest absolute Gasteiger partial charge is 0.243 e. The number of halogens is 1. The molecule has 1 aromatic rings. The van der Waals surface area contributed by atoms with Crippen LogP contribution in [0, 0.1) is 5.82 Å². The predicted octanol–water partition coefficient (Wildman–Crippen LogP) is 0.253. The summed E-state index contributed by atoms with van der Waals surface area (Å²) in [6.07, 6.45) is 0. The average Bonchev–Trinajstić information content (AvgIpc) is 2.70. The molecule has 0 atom stereocenters. The summed E-state index contributed by atoms with van der Waals surface area (Å²) >= 11 is 0. The van der Waals surface area contributed by atoms with Gasteiger partial charge in [-0.25, -0.2) is 12.8 Å². The Morgan fingerprint density at radius 3 is 2.25 bits per heavy atom. The first-order valence-corrected chi connectivity index (χ1v) is 10.6. The van der Waals surface area contributed by atoms with Gasteiger partial charge in [-0.15, -0.1) is 0 Å². The number of carbonyl (C=O) groups excluding carboxylic acids is 1. The van der Waals surface area contributed by atoms with E-state index >= 15 is 0 Å². The molecule has 1 aromatic carbocycles. The Morgan fingerprint density at radius 2 is 1.71 bits per heavy atom. The SMILES string of the molecule is COCCN(CCOC)CC(=O)N1CCN(S(=O)(=O)c2cccc(F)c2)CC1. The molecule has 1 saturated heterocycles. The van der Waals surface area contributed by atoms with Crippen LogP contribution in [-0.2, 0) is 24.3 Å². The molecule has 0 spiro atoms. The number of carbonyl (C=O) groups is 1. The number of ether oxygens (including phenoxy) is 2. The Hall–Kier alpha value is -1.59. The Morgan fingerprint density at radius 1 is 1.11 bits per heavy atom. The summed E-state index contributed by atoms with van der Waals surface area (Å²) in [6.45, 7) is 3.43. The highest BCUT2D eigenvalue weighted by molar-refractivity contribution is 7.89. The van der Waals surface area contributed by atoms with Crippen molar-refractivity contribution in [3.63, 3.8) is 0 Å². The first-order chi connectivity index (χ1) is 13.4. The predicted molar refractivity (Wildman–Crippen MR) is 102 cm³/mol. The van der Waals surface area contributed by atoms with Gasteiger partial charge in [-0.05, 0) is 18.2 Å². The second kappa shape index (κ2) is 10.8. The molecular formula is C18H28FN3O5S. The summed E-state index contributed by atoms with van der Waals surface area (Å²) in [7, 11) is -0.557. The largest absolute Gasteiger partial charge is 0.383 e. The minimum absolute atomic E-state index is 0.0602. The summed E-state index contributed by atoms with van der Waals surface area (Å²) in [5.74, 6) is -0.655. The van der Waals surface area contributed by atoms with Gasteiger partial charge in [0.05, 0.1) is 24.7 Å². The van der Waals surface area contributed by atoms with Crippen molar-refractivity contribution < 1.29 is 27.1 Å². The molecule has 2 rings (SSSR count). The molecule has 8 nitrogen and oxygen atoms in total. The lowest BCUT2D eigenvalue weighted by Crippen LogP contribution is -2.52. The maximum atomic E-state index is 13.4. The van der Waals surface area contributed by atoms with E-state index in [4.69, 9.17) is 9.47 Å². The first kappa shape index (κ1) is 22.7. The third-order valence-electron chi connectivity index (χ3n) is 4.61. The summed E-state index contributed by atoms with van der Waals surface area (Å²) in [5, 5.41) is 0. The number of rotatable bonds is 10. The van der Waals surface area contributed by atoms with Crippen molar-refractivity contribution in [2.24, 2.45) is 0 Å². The van der Waals surface area contributed by atoms with E-state index in [-0.39, 0.29) is 30.4 Å². The maximum Gasteiger partial charge on any atom is 0.243 e. The average molecular weight is 418 g/mol. The summed E-state index contributed by atoms with van der Waals surface area (Å²) in [5.41, 5.74) is 0. The zero-order valence-corrected chi connectivity index (χ0v) is 17.2. The van der Waals surface area contributed by atoms with E-state index in [1.54, 1.807) is 19.1 Å². The van der Waals surface area contributed by atoms with Gasteiger partial charge in [0.1, 0.15) is 5.82 Å². The normalized spacial score (nSPS) is 15.9. The zero-order chi connectivity index (χ0) is 20.6. The zero-order valence-electron chi connectivity index (χ0n) is 16.3. The maximum absolute atomic E-state index is 13.4. The minimum atomic E-state index is -3.77. The third-order valence-corrected chi connectivity index (χ3v) is 6.50. The fourth-order valence-corrected chi connectivity index (χ4v) is 4.41. The quantitative estimate of drug-likeness (QED) is 0.543. The van der Waals surface area contributed by atoms with E-state index in [9.17, 15) is 17.6 Å². The number of piperazine rings is 1. The number of methoxy groups -OCH3 is 2. The third kappa shape index (κ3) is 6.21. The second-order valence-electron chi connectivity index (χ2n) is 6.50. The Bertz CT molecular complexity index is 730. The fraction of sp³-hybridized carbons (Fsp3) is 0.611. The molecule has 1 aliphatic rings. The van der Waals surface area contributed by atoms with Gasteiger partial charge in [-0.2, -0.15) is 4.31 Å². The van der Waals surface area contributed by atoms with Crippen LogP contribution < -0.4 is 0 Å². The van der Waals surface area contributed by atoms with Crippen molar-refractivity contribution in [2.45, 2.75) is 4.90 Å². The molecule has 0 aromatic heterocycles. The Balaban J connectivity index is 1.92. The highest BCUT2D eigenvalue weighted by atomic mass is 32.2. The van der Waals surface area contributed by atoms with E-state index in [1.165, 1.54) is 22.5 Å². The molecule has 28 heavy (non-hydrogen) atoms. The standard InChI is InChI=1S/C18H28FN3O5S/c1-26-12-10-20(11-13-27-2)15-18(23)21-6-8-22(9-7-21)28(24,25)17-5-3-4-16(19)14-17/h3-5,14H,6-13,15H2,1-2H3. The van der Waals surface area contributed by atoms with E-state index in [1.807, 2.05) is 4.90 Å². The van der Waals surface area contributed by atoms with Gasteiger partial charge in [0, 0.05) is 53.5 Å². The van der Waals surface area contributed by atoms with Gasteiger partial charge in [0.15, 0.2) is 0 Å². The van der Waals surface area contributed by atoms with Crippen LogP contribution in [0.25, 0.3) is 0 Å². The number of nitrogens with zero attached hydrogens (tertiary/aromatic N) is 3. The molecule has 158 valence electrons. The molecule has 0 unspecified atom stereocenters. The van der Waals surface area contributed by atoms with Crippen LogP contribution in [0.5, 0.6) is 0 Å². The number of sulfonamides is 1. The van der Waals surface area contributed by atoms with Gasteiger partial charge in [0.2, 0.25) is 15.9 Å². The van der Waals surface area contributed by atoms with Crippen LogP contribution in [-0.4, -0.2) is 102 Å². The fourth-order valence-electron chi connectivity index (χ4n) is 2.96. The van der Waals surface area contributed by atoms with Gasteiger partial charge < -0.3 is 14.4 Å². The lowest BCUT2D eigenvalue weighted by Gasteiger charge is -2.35. The van der Waals surface area contributed by atoms with Crippen molar-refractivity contribution in [1.82, 2.24) is 14.1 Å². The summed E-state index contributed by atoms with van der Waals surface area (Å²) in [6, 6.07) is 4.96. The highest BCUT2D eigenvalue weighted by Crippen LogP contribution is 2.18. The van der Waals surface area contributed by atoms with E-state index < -0.39 is 15.8 Å². The van der Waals surface area contributed by atoms with Crippen LogP contribution in [0.1, 0.15) is 0 Å². The Kier molecular flexibility index (Phi) is 8.77. The van der Waals surface area contributed by atoms with Crippen LogP contribution in [0.2, 0.25) is 0 Å². The minimum Gasteiger partial charge on any atom is -0.383 e. The number of hydrogen-bond donors (Lipinski definition) is 0. The van der Waals surface area contributed by atoms with Crippen molar-refractivity contribution in [2.75, 3.05) is 73.2 Å². The topological polar surface area (TPSA) is 79.4 Å². The lowest BCUT2D eigenvalue weighted by molar-refractivity contribution is -0.133. The molecule has 1 aliphatic heterocycles. The highest BCUT2D eigenvalue weighted by Gasteiger charge is 2.30. The molecule has 10 heteroatoms. The van der Waals surface area contributed by atoms with Gasteiger partial charge in [-0.3, -0.25) is 9.69 Å². The van der Waals surface area contributed by atoms with Crippen molar-refractivity contribution in [3.05, 3.63) is 30.1 Å². The molecule has 0 radical (unpaired) electrons. The van der Waals surface area contributed by atoms with E-state index in [2.05, 4.69) is 0 Å². The molecule has 0 aliphatic carbocycles. The molecule has 1 amide bonds. The van der Waals surface area contributed by atoms with E-state index in [0.717, 1.165) is 6.07 Å². The monoisotopic (exact) mass is 417 g/mol. The molecule has 0 bridgehead atoms. The van der Waals surface area contributed by atoms with Crippen LogP contribution in [0.4, 0.5) is 4.39 Å². The van der Waals surface area contributed by atoms with Gasteiger partial charge in [-0.1, -0.05) is 6.07 Å². The number of hydrogen-bond acceptors (Lipinski definition) is 6. The van der Waals surface area contributed by atoms with Crippen molar-refractivity contribution in [1.29, 1.82) is 0 Å². The van der Waals surface area contributed by atoms with Gasteiger partial charge in [0.25, 0.3) is 0 Å². The molecule has 0 N–H and O–H groups in total. The van der Waals surface area contributed by atoms with Crippen LogP contribution in [0.3, 0.4) is 0 Å². The van der Waals surface area contributed by atoms with E-state index in [0.29, 0.717) is 39.4 Å². The van der Waals surface area contributed by atoms with Crippen LogP contribution >= 0.6 is 0 Å². The summed E-state index contributed by atoms with van der Waals surface area (Å²) in [4.78, 5) is 16.1. The van der Waals surface area contributed by atoms with Gasteiger partial charge >= 0.3 is 0 Å². The lowest BCUT2D eigenvalue weighted by atomic mass is 10.3.